The van der Waals surface area contributed by atoms with Gasteiger partial charge < -0.3 is 18.9 Å². The van der Waals surface area contributed by atoms with E-state index in [-0.39, 0.29) is 22.9 Å². The third kappa shape index (κ3) is 4.46. The van der Waals surface area contributed by atoms with Gasteiger partial charge in [0.05, 0.1) is 19.8 Å². The molecule has 0 radical (unpaired) electrons. The average Bonchev–Trinajstić information content (AvgIpc) is 3.13. The van der Waals surface area contributed by atoms with Crippen molar-refractivity contribution in [3.8, 4) is 23.0 Å². The Balaban J connectivity index is 1.56. The van der Waals surface area contributed by atoms with Crippen LogP contribution in [0.1, 0.15) is 51.6 Å². The Kier molecular flexibility index (Phi) is 6.18. The summed E-state index contributed by atoms with van der Waals surface area (Å²) in [5, 5.41) is 0. The van der Waals surface area contributed by atoms with E-state index in [1.54, 1.807) is 36.4 Å². The Morgan fingerprint density at radius 3 is 2.21 bits per heavy atom. The first kappa shape index (κ1) is 22.1. The maximum absolute atomic E-state index is 12.8. The summed E-state index contributed by atoms with van der Waals surface area (Å²) in [4.78, 5) is 25.6. The molecule has 6 heteroatoms. The molecule has 0 saturated carbocycles. The molecule has 0 saturated heterocycles. The summed E-state index contributed by atoms with van der Waals surface area (Å²) in [5.41, 5.74) is 2.67. The second-order valence-electron chi connectivity index (χ2n) is 7.85. The maximum atomic E-state index is 12.8. The van der Waals surface area contributed by atoms with Gasteiger partial charge in [-0.05, 0) is 47.4 Å². The fraction of sp³-hybridized carbons (Fsp3) is 0.185. The number of allylic oxidation sites excluding steroid dienone is 1. The van der Waals surface area contributed by atoms with Gasteiger partial charge in [-0.1, -0.05) is 44.2 Å². The molecule has 3 aromatic rings. The number of carbonyl (C=O) groups excluding carboxylic acids is 2. The Labute approximate surface area is 192 Å². The van der Waals surface area contributed by atoms with Gasteiger partial charge in [0.15, 0.2) is 5.76 Å². The molecule has 0 bridgehead atoms. The van der Waals surface area contributed by atoms with Crippen LogP contribution in [0.3, 0.4) is 0 Å². The van der Waals surface area contributed by atoms with Crippen LogP contribution in [-0.4, -0.2) is 26.0 Å². The highest BCUT2D eigenvalue weighted by atomic mass is 16.5. The van der Waals surface area contributed by atoms with E-state index in [2.05, 4.69) is 13.8 Å². The number of rotatable bonds is 6. The van der Waals surface area contributed by atoms with Gasteiger partial charge in [0.25, 0.3) is 0 Å². The van der Waals surface area contributed by atoms with Crippen molar-refractivity contribution in [3.05, 3.63) is 88.7 Å². The lowest BCUT2D eigenvalue weighted by Crippen LogP contribution is -2.12. The smallest absolute Gasteiger partial charge is 0.351 e. The number of carbonyl (C=O) groups is 2. The number of Topliss-reactive ketones (excluding diaryl/α,β-unsaturated/α-hetero) is 1. The SMILES string of the molecule is COc1cccc(OC)c1C(=O)Oc1ccc2c(c1)OC(=Cc1ccc(C(C)C)cc1)C2=O. The molecule has 3 aromatic carbocycles. The molecule has 1 aliphatic heterocycles. The fourth-order valence-electron chi connectivity index (χ4n) is 3.57. The van der Waals surface area contributed by atoms with Crippen LogP contribution in [0.25, 0.3) is 6.08 Å². The Morgan fingerprint density at radius 1 is 0.939 bits per heavy atom. The molecule has 1 aliphatic rings. The summed E-state index contributed by atoms with van der Waals surface area (Å²) >= 11 is 0. The lowest BCUT2D eigenvalue weighted by Gasteiger charge is -2.12. The maximum Gasteiger partial charge on any atom is 0.351 e. The molecule has 33 heavy (non-hydrogen) atoms. The van der Waals surface area contributed by atoms with Gasteiger partial charge in [0, 0.05) is 6.07 Å². The van der Waals surface area contributed by atoms with Crippen LogP contribution >= 0.6 is 0 Å². The van der Waals surface area contributed by atoms with Gasteiger partial charge in [-0.25, -0.2) is 4.79 Å². The number of ether oxygens (including phenoxy) is 4. The topological polar surface area (TPSA) is 71.1 Å². The Hall–Kier alpha value is -4.06. The van der Waals surface area contributed by atoms with E-state index in [0.29, 0.717) is 28.7 Å². The highest BCUT2D eigenvalue weighted by Crippen LogP contribution is 2.36. The number of esters is 1. The number of fused-ring (bicyclic) bond motifs is 1. The minimum Gasteiger partial charge on any atom is -0.496 e. The van der Waals surface area contributed by atoms with Gasteiger partial charge in [0.2, 0.25) is 5.78 Å². The van der Waals surface area contributed by atoms with Crippen LogP contribution in [0.15, 0.2) is 66.4 Å². The highest BCUT2D eigenvalue weighted by Gasteiger charge is 2.28. The monoisotopic (exact) mass is 444 g/mol. The number of hydrogen-bond donors (Lipinski definition) is 0. The molecule has 0 aromatic heterocycles. The van der Waals surface area contributed by atoms with Crippen LogP contribution in [0.4, 0.5) is 0 Å². The summed E-state index contributed by atoms with van der Waals surface area (Å²) in [6.45, 7) is 4.25. The zero-order chi connectivity index (χ0) is 23.5. The van der Waals surface area contributed by atoms with E-state index in [1.165, 1.54) is 25.8 Å². The van der Waals surface area contributed by atoms with Crippen molar-refractivity contribution < 1.29 is 28.5 Å². The quantitative estimate of drug-likeness (QED) is 0.277. The van der Waals surface area contributed by atoms with Gasteiger partial charge in [0.1, 0.15) is 28.6 Å². The van der Waals surface area contributed by atoms with Crippen molar-refractivity contribution in [1.29, 1.82) is 0 Å². The van der Waals surface area contributed by atoms with E-state index in [4.69, 9.17) is 18.9 Å². The van der Waals surface area contributed by atoms with Gasteiger partial charge in [-0.15, -0.1) is 0 Å². The summed E-state index contributed by atoms with van der Waals surface area (Å²) < 4.78 is 21.9. The Morgan fingerprint density at radius 2 is 1.61 bits per heavy atom. The molecule has 0 N–H and O–H groups in total. The van der Waals surface area contributed by atoms with Crippen molar-refractivity contribution in [2.75, 3.05) is 14.2 Å². The molecule has 0 amide bonds. The molecule has 0 unspecified atom stereocenters. The predicted octanol–water partition coefficient (Wildman–Crippen LogP) is 5.66. The van der Waals surface area contributed by atoms with Crippen molar-refractivity contribution >= 4 is 17.8 Å². The van der Waals surface area contributed by atoms with Crippen LogP contribution < -0.4 is 18.9 Å². The van der Waals surface area contributed by atoms with Crippen LogP contribution in [0.5, 0.6) is 23.0 Å². The van der Waals surface area contributed by atoms with E-state index in [0.717, 1.165) is 5.56 Å². The number of methoxy groups -OCH3 is 2. The van der Waals surface area contributed by atoms with Crippen LogP contribution in [0.2, 0.25) is 0 Å². The minimum atomic E-state index is -0.644. The van der Waals surface area contributed by atoms with Crippen molar-refractivity contribution in [3.63, 3.8) is 0 Å². The second kappa shape index (κ2) is 9.20. The minimum absolute atomic E-state index is 0.172. The van der Waals surface area contributed by atoms with E-state index >= 15 is 0 Å². The fourth-order valence-corrected chi connectivity index (χ4v) is 3.57. The normalized spacial score (nSPS) is 13.6. The lowest BCUT2D eigenvalue weighted by atomic mass is 10.0. The molecule has 6 nitrogen and oxygen atoms in total. The summed E-state index contributed by atoms with van der Waals surface area (Å²) in [5.74, 6) is 1.02. The first-order chi connectivity index (χ1) is 15.9. The molecular weight excluding hydrogens is 420 g/mol. The molecule has 0 atom stereocenters. The number of hydrogen-bond acceptors (Lipinski definition) is 6. The third-order valence-electron chi connectivity index (χ3n) is 5.38. The average molecular weight is 444 g/mol. The first-order valence-electron chi connectivity index (χ1n) is 10.5. The molecule has 0 aliphatic carbocycles. The first-order valence-corrected chi connectivity index (χ1v) is 10.5. The van der Waals surface area contributed by atoms with E-state index < -0.39 is 5.97 Å². The molecule has 4 rings (SSSR count). The van der Waals surface area contributed by atoms with Crippen molar-refractivity contribution in [2.24, 2.45) is 0 Å². The third-order valence-corrected chi connectivity index (χ3v) is 5.38. The van der Waals surface area contributed by atoms with Gasteiger partial charge in [-0.3, -0.25) is 4.79 Å². The van der Waals surface area contributed by atoms with E-state index in [1.807, 2.05) is 24.3 Å². The standard InChI is InChI=1S/C27H24O6/c1-16(2)18-10-8-17(9-11-18)14-24-26(28)20-13-12-19(15-23(20)33-24)32-27(29)25-21(30-3)6-5-7-22(25)31-4/h5-16H,1-4H3. The lowest BCUT2D eigenvalue weighted by molar-refractivity contribution is 0.0727. The molecule has 0 fully saturated rings. The number of ketones is 1. The number of benzene rings is 3. The second-order valence-corrected chi connectivity index (χ2v) is 7.85. The predicted molar refractivity (Wildman–Crippen MR) is 124 cm³/mol. The zero-order valence-corrected chi connectivity index (χ0v) is 18.9. The van der Waals surface area contributed by atoms with Crippen molar-refractivity contribution in [1.82, 2.24) is 0 Å². The van der Waals surface area contributed by atoms with E-state index in [9.17, 15) is 9.59 Å². The zero-order valence-electron chi connectivity index (χ0n) is 18.9. The summed E-state index contributed by atoms with van der Waals surface area (Å²) in [6, 6.07) is 17.7. The molecule has 0 spiro atoms. The molecule has 1 heterocycles. The highest BCUT2D eigenvalue weighted by molar-refractivity contribution is 6.14. The molecular formula is C27H24O6. The van der Waals surface area contributed by atoms with Gasteiger partial charge >= 0.3 is 5.97 Å². The van der Waals surface area contributed by atoms with Crippen LogP contribution in [0, 0.1) is 0 Å². The largest absolute Gasteiger partial charge is 0.496 e. The van der Waals surface area contributed by atoms with Crippen LogP contribution in [-0.2, 0) is 0 Å². The molecule has 168 valence electrons. The summed E-state index contributed by atoms with van der Waals surface area (Å²) in [7, 11) is 2.93. The summed E-state index contributed by atoms with van der Waals surface area (Å²) in [6.07, 6.45) is 1.71. The van der Waals surface area contributed by atoms with Crippen molar-refractivity contribution in [2.45, 2.75) is 19.8 Å². The van der Waals surface area contributed by atoms with Gasteiger partial charge in [-0.2, -0.15) is 0 Å². The Bertz CT molecular complexity index is 1220.